The van der Waals surface area contributed by atoms with E-state index in [1.165, 1.54) is 0 Å². The van der Waals surface area contributed by atoms with Crippen molar-refractivity contribution in [1.82, 2.24) is 9.88 Å². The van der Waals surface area contributed by atoms with E-state index in [2.05, 4.69) is 4.98 Å². The average molecular weight is 223 g/mol. The Morgan fingerprint density at radius 3 is 3.12 bits per heavy atom. The molecule has 0 aromatic carbocycles. The topological polar surface area (TPSA) is 82.4 Å². The van der Waals surface area contributed by atoms with E-state index in [1.54, 1.807) is 12.3 Å². The third-order valence-corrected chi connectivity index (χ3v) is 3.05. The van der Waals surface area contributed by atoms with Crippen LogP contribution >= 0.6 is 0 Å². The summed E-state index contributed by atoms with van der Waals surface area (Å²) in [6.45, 7) is 1.70. The van der Waals surface area contributed by atoms with Crippen molar-refractivity contribution in [3.8, 4) is 0 Å². The van der Waals surface area contributed by atoms with Crippen LogP contribution in [0.4, 0.5) is 5.69 Å². The summed E-state index contributed by atoms with van der Waals surface area (Å²) in [6.07, 6.45) is 3.37. The molecule has 0 bridgehead atoms. The van der Waals surface area contributed by atoms with Gasteiger partial charge in [0.05, 0.1) is 0 Å². The number of rotatable bonds is 3. The van der Waals surface area contributed by atoms with Gasteiger partial charge in [-0.2, -0.15) is 0 Å². The van der Waals surface area contributed by atoms with Crippen LogP contribution in [0.2, 0.25) is 0 Å². The molecule has 1 aliphatic heterocycles. The second kappa shape index (κ2) is 4.57. The lowest BCUT2D eigenvalue weighted by Gasteiger charge is -2.15. The molecule has 1 aromatic heterocycles. The summed E-state index contributed by atoms with van der Waals surface area (Å²) < 4.78 is 0. The summed E-state index contributed by atoms with van der Waals surface area (Å²) in [5, 5.41) is 8.85. The Hall–Kier alpha value is -1.49. The molecule has 1 amide bonds. The zero-order valence-corrected chi connectivity index (χ0v) is 9.15. The van der Waals surface area contributed by atoms with Crippen LogP contribution < -0.4 is 5.73 Å². The second-order valence-electron chi connectivity index (χ2n) is 4.26. The Bertz CT molecular complexity index is 375. The standard InChI is InChI=1S/C11H17N3O2/c12-9-5-10(13-6-9)11(16)14-3-1-8(7-14)2-4-15/h5-6,8,13,15H,1-4,7,12H2. The predicted octanol–water partition coefficient (Wildman–Crippen LogP) is 0.441. The van der Waals surface area contributed by atoms with Gasteiger partial charge in [-0.05, 0) is 24.8 Å². The highest BCUT2D eigenvalue weighted by Gasteiger charge is 2.26. The van der Waals surface area contributed by atoms with Crippen molar-refractivity contribution in [1.29, 1.82) is 0 Å². The molecule has 0 aliphatic carbocycles. The van der Waals surface area contributed by atoms with Gasteiger partial charge in [0, 0.05) is 31.6 Å². The number of amides is 1. The van der Waals surface area contributed by atoms with Gasteiger partial charge >= 0.3 is 0 Å². The molecule has 1 aromatic rings. The number of hydrogen-bond acceptors (Lipinski definition) is 3. The number of aromatic amines is 1. The van der Waals surface area contributed by atoms with Crippen molar-refractivity contribution < 1.29 is 9.90 Å². The fraction of sp³-hybridized carbons (Fsp3) is 0.545. The van der Waals surface area contributed by atoms with Crippen molar-refractivity contribution in [2.45, 2.75) is 12.8 Å². The number of nitrogens with one attached hydrogen (secondary N) is 1. The zero-order chi connectivity index (χ0) is 11.5. The summed E-state index contributed by atoms with van der Waals surface area (Å²) in [6, 6.07) is 1.65. The number of nitrogen functional groups attached to an aromatic ring is 1. The predicted molar refractivity (Wildman–Crippen MR) is 60.9 cm³/mol. The highest BCUT2D eigenvalue weighted by molar-refractivity contribution is 5.93. The van der Waals surface area contributed by atoms with Crippen molar-refractivity contribution in [2.75, 3.05) is 25.4 Å². The molecule has 2 rings (SSSR count). The monoisotopic (exact) mass is 223 g/mol. The number of hydrogen-bond donors (Lipinski definition) is 3. The fourth-order valence-corrected chi connectivity index (χ4v) is 2.14. The lowest BCUT2D eigenvalue weighted by atomic mass is 10.1. The molecule has 16 heavy (non-hydrogen) atoms. The van der Waals surface area contributed by atoms with Crippen LogP contribution in [-0.4, -0.2) is 40.6 Å². The first kappa shape index (κ1) is 11.0. The molecule has 1 aliphatic rings. The third kappa shape index (κ3) is 2.19. The molecule has 0 saturated carbocycles. The van der Waals surface area contributed by atoms with Crippen LogP contribution in [-0.2, 0) is 0 Å². The highest BCUT2D eigenvalue weighted by atomic mass is 16.3. The van der Waals surface area contributed by atoms with Crippen molar-refractivity contribution in [2.24, 2.45) is 5.92 Å². The lowest BCUT2D eigenvalue weighted by Crippen LogP contribution is -2.29. The number of aromatic nitrogens is 1. The van der Waals surface area contributed by atoms with E-state index in [1.807, 2.05) is 4.90 Å². The van der Waals surface area contributed by atoms with Gasteiger partial charge in [0.2, 0.25) is 0 Å². The van der Waals surface area contributed by atoms with Crippen molar-refractivity contribution in [3.63, 3.8) is 0 Å². The van der Waals surface area contributed by atoms with Crippen LogP contribution in [0.15, 0.2) is 12.3 Å². The maximum Gasteiger partial charge on any atom is 0.270 e. The number of anilines is 1. The van der Waals surface area contributed by atoms with Crippen molar-refractivity contribution >= 4 is 11.6 Å². The van der Waals surface area contributed by atoms with E-state index in [4.69, 9.17) is 10.8 Å². The van der Waals surface area contributed by atoms with Crippen LogP contribution in [0, 0.1) is 5.92 Å². The largest absolute Gasteiger partial charge is 0.397 e. The first-order chi connectivity index (χ1) is 7.70. The van der Waals surface area contributed by atoms with Gasteiger partial charge in [0.25, 0.3) is 5.91 Å². The minimum Gasteiger partial charge on any atom is -0.397 e. The molecular weight excluding hydrogens is 206 g/mol. The second-order valence-corrected chi connectivity index (χ2v) is 4.26. The summed E-state index contributed by atoms with van der Waals surface area (Å²) >= 11 is 0. The van der Waals surface area contributed by atoms with Crippen LogP contribution in [0.1, 0.15) is 23.3 Å². The number of nitrogens with two attached hydrogens (primary N) is 1. The number of aliphatic hydroxyl groups excluding tert-OH is 1. The van der Waals surface area contributed by atoms with E-state index in [0.29, 0.717) is 17.3 Å². The summed E-state index contributed by atoms with van der Waals surface area (Å²) in [7, 11) is 0. The highest BCUT2D eigenvalue weighted by Crippen LogP contribution is 2.21. The fourth-order valence-electron chi connectivity index (χ4n) is 2.14. The minimum absolute atomic E-state index is 0.00265. The number of carbonyl (C=O) groups is 1. The first-order valence-electron chi connectivity index (χ1n) is 5.54. The van der Waals surface area contributed by atoms with Crippen LogP contribution in [0.3, 0.4) is 0 Å². The molecule has 5 nitrogen and oxygen atoms in total. The molecule has 1 atom stereocenters. The number of H-pyrrole nitrogens is 1. The molecule has 4 N–H and O–H groups in total. The van der Waals surface area contributed by atoms with Crippen LogP contribution in [0.25, 0.3) is 0 Å². The quantitative estimate of drug-likeness (QED) is 0.695. The summed E-state index contributed by atoms with van der Waals surface area (Å²) in [5.41, 5.74) is 6.68. The van der Waals surface area contributed by atoms with Gasteiger partial charge in [-0.1, -0.05) is 0 Å². The lowest BCUT2D eigenvalue weighted by molar-refractivity contribution is 0.0779. The Morgan fingerprint density at radius 2 is 2.50 bits per heavy atom. The van der Waals surface area contributed by atoms with Gasteiger partial charge in [0.15, 0.2) is 0 Å². The number of likely N-dealkylation sites (tertiary alicyclic amines) is 1. The van der Waals surface area contributed by atoms with Gasteiger partial charge in [-0.3, -0.25) is 4.79 Å². The third-order valence-electron chi connectivity index (χ3n) is 3.05. The Kier molecular flexibility index (Phi) is 3.14. The number of carbonyl (C=O) groups excluding carboxylic acids is 1. The van der Waals surface area contributed by atoms with Crippen molar-refractivity contribution in [3.05, 3.63) is 18.0 Å². The SMILES string of the molecule is Nc1c[nH]c(C(=O)N2CCC(CCO)C2)c1. The van der Waals surface area contributed by atoms with E-state index in [9.17, 15) is 4.79 Å². The maximum atomic E-state index is 12.0. The number of nitrogens with zero attached hydrogens (tertiary/aromatic N) is 1. The molecule has 0 radical (unpaired) electrons. The Balaban J connectivity index is 1.97. The first-order valence-corrected chi connectivity index (χ1v) is 5.54. The molecule has 1 unspecified atom stereocenters. The van der Waals surface area contributed by atoms with E-state index >= 15 is 0 Å². The van der Waals surface area contributed by atoms with E-state index in [0.717, 1.165) is 25.9 Å². The average Bonchev–Trinajstić information content (AvgIpc) is 2.87. The maximum absolute atomic E-state index is 12.0. The zero-order valence-electron chi connectivity index (χ0n) is 9.15. The minimum atomic E-state index is -0.00265. The molecule has 0 spiro atoms. The van der Waals surface area contributed by atoms with Gasteiger partial charge < -0.3 is 20.7 Å². The van der Waals surface area contributed by atoms with E-state index in [-0.39, 0.29) is 12.5 Å². The van der Waals surface area contributed by atoms with Crippen LogP contribution in [0.5, 0.6) is 0 Å². The van der Waals surface area contributed by atoms with Gasteiger partial charge in [0.1, 0.15) is 5.69 Å². The molecule has 88 valence electrons. The molecule has 5 heteroatoms. The normalized spacial score (nSPS) is 20.3. The molecule has 1 saturated heterocycles. The molecular formula is C11H17N3O2. The van der Waals surface area contributed by atoms with Gasteiger partial charge in [-0.15, -0.1) is 0 Å². The summed E-state index contributed by atoms with van der Waals surface area (Å²) in [5.74, 6) is 0.429. The molecule has 1 fully saturated rings. The molecule has 2 heterocycles. The van der Waals surface area contributed by atoms with E-state index < -0.39 is 0 Å². The Labute approximate surface area is 94.2 Å². The number of aliphatic hydroxyl groups is 1. The Morgan fingerprint density at radius 1 is 1.69 bits per heavy atom. The summed E-state index contributed by atoms with van der Waals surface area (Å²) in [4.78, 5) is 16.7. The van der Waals surface area contributed by atoms with Gasteiger partial charge in [-0.25, -0.2) is 0 Å². The smallest absolute Gasteiger partial charge is 0.270 e.